The molecule has 0 fully saturated rings. The van der Waals surface area contributed by atoms with Gasteiger partial charge in [0.2, 0.25) is 0 Å². The van der Waals surface area contributed by atoms with Gasteiger partial charge < -0.3 is 4.74 Å². The van der Waals surface area contributed by atoms with Gasteiger partial charge in [0.05, 0.1) is 10.4 Å². The summed E-state index contributed by atoms with van der Waals surface area (Å²) in [5.74, 6) is 0.915. The summed E-state index contributed by atoms with van der Waals surface area (Å²) in [6.07, 6.45) is 1.83. The number of aryl methyl sites for hydroxylation is 1. The summed E-state index contributed by atoms with van der Waals surface area (Å²) in [5.41, 5.74) is 2.95. The third kappa shape index (κ3) is 2.79. The molecule has 2 rings (SSSR count). The first-order valence-corrected chi connectivity index (χ1v) is 6.19. The highest BCUT2D eigenvalue weighted by Gasteiger charge is 2.01. The number of thiazole rings is 1. The lowest BCUT2D eigenvalue weighted by atomic mass is 10.2. The molecule has 0 saturated carbocycles. The third-order valence-electron chi connectivity index (χ3n) is 2.00. The Bertz CT molecular complexity index is 442. The number of hydrogen-bond donors (Lipinski definition) is 0. The summed E-state index contributed by atoms with van der Waals surface area (Å²) in [4.78, 5) is 5.14. The second kappa shape index (κ2) is 4.77. The average molecular weight is 284 g/mol. The van der Waals surface area contributed by atoms with Gasteiger partial charge in [0, 0.05) is 10.7 Å². The zero-order valence-electron chi connectivity index (χ0n) is 8.24. The molecule has 1 aromatic carbocycles. The Kier molecular flexibility index (Phi) is 3.38. The van der Waals surface area contributed by atoms with Crippen LogP contribution in [0.2, 0.25) is 0 Å². The molecule has 2 nitrogen and oxygen atoms in total. The number of aromatic nitrogens is 1. The molecule has 4 heteroatoms. The molecule has 0 atom stereocenters. The topological polar surface area (TPSA) is 22.1 Å². The zero-order valence-corrected chi connectivity index (χ0v) is 10.6. The predicted octanol–water partition coefficient (Wildman–Crippen LogP) is 3.79. The number of nitrogens with zero attached hydrogens (tertiary/aromatic N) is 1. The highest BCUT2D eigenvalue weighted by Crippen LogP contribution is 2.24. The number of halogens is 1. The van der Waals surface area contributed by atoms with Crippen molar-refractivity contribution in [2.75, 3.05) is 0 Å². The van der Waals surface area contributed by atoms with Gasteiger partial charge >= 0.3 is 0 Å². The van der Waals surface area contributed by atoms with Crippen molar-refractivity contribution in [3.8, 4) is 5.75 Å². The number of benzene rings is 1. The lowest BCUT2D eigenvalue weighted by Gasteiger charge is -2.07. The van der Waals surface area contributed by atoms with Gasteiger partial charge in [-0.25, -0.2) is 0 Å². The first-order chi connectivity index (χ1) is 7.25. The van der Waals surface area contributed by atoms with E-state index >= 15 is 0 Å². The molecule has 0 amide bonds. The molecule has 0 aliphatic heterocycles. The van der Waals surface area contributed by atoms with Crippen molar-refractivity contribution >= 4 is 27.3 Å². The summed E-state index contributed by atoms with van der Waals surface area (Å²) < 4.78 is 6.74. The van der Waals surface area contributed by atoms with E-state index < -0.39 is 0 Å². The van der Waals surface area contributed by atoms with Crippen LogP contribution in [-0.4, -0.2) is 4.98 Å². The highest BCUT2D eigenvalue weighted by atomic mass is 79.9. The quantitative estimate of drug-likeness (QED) is 0.855. The molecule has 0 unspecified atom stereocenters. The van der Waals surface area contributed by atoms with Crippen molar-refractivity contribution in [3.05, 3.63) is 44.8 Å². The molecular weight excluding hydrogens is 274 g/mol. The first-order valence-electron chi connectivity index (χ1n) is 4.52. The van der Waals surface area contributed by atoms with Crippen molar-refractivity contribution < 1.29 is 4.74 Å². The fourth-order valence-corrected chi connectivity index (χ4v) is 2.04. The number of ether oxygens (including phenoxy) is 1. The Morgan fingerprint density at radius 2 is 2.33 bits per heavy atom. The summed E-state index contributed by atoms with van der Waals surface area (Å²) in [6, 6.07) is 6.03. The van der Waals surface area contributed by atoms with Crippen LogP contribution in [0.25, 0.3) is 0 Å². The van der Waals surface area contributed by atoms with E-state index in [4.69, 9.17) is 4.74 Å². The Morgan fingerprint density at radius 1 is 1.47 bits per heavy atom. The molecule has 15 heavy (non-hydrogen) atoms. The maximum atomic E-state index is 5.70. The van der Waals surface area contributed by atoms with Gasteiger partial charge in [0.1, 0.15) is 12.4 Å². The highest BCUT2D eigenvalue weighted by molar-refractivity contribution is 9.10. The van der Waals surface area contributed by atoms with Crippen molar-refractivity contribution in [3.63, 3.8) is 0 Å². The van der Waals surface area contributed by atoms with Crippen molar-refractivity contribution in [1.82, 2.24) is 4.98 Å². The monoisotopic (exact) mass is 283 g/mol. The molecule has 0 aliphatic rings. The van der Waals surface area contributed by atoms with Gasteiger partial charge in [-0.05, 0) is 24.6 Å². The average Bonchev–Trinajstić information content (AvgIpc) is 2.72. The van der Waals surface area contributed by atoms with Crippen LogP contribution >= 0.6 is 27.3 Å². The van der Waals surface area contributed by atoms with E-state index in [0.717, 1.165) is 20.7 Å². The summed E-state index contributed by atoms with van der Waals surface area (Å²) in [7, 11) is 0. The normalized spacial score (nSPS) is 10.3. The molecule has 0 radical (unpaired) electrons. The maximum absolute atomic E-state index is 5.70. The van der Waals surface area contributed by atoms with Crippen LogP contribution in [0.1, 0.15) is 10.4 Å². The summed E-state index contributed by atoms with van der Waals surface area (Å²) >= 11 is 5.03. The second-order valence-corrected chi connectivity index (χ2v) is 5.05. The molecule has 0 N–H and O–H groups in total. The fraction of sp³-hybridized carbons (Fsp3) is 0.182. The standard InChI is InChI=1S/C11H10BrNOS/c1-8-2-3-9(12)4-11(8)14-6-10-5-13-7-15-10/h2-5,7H,6H2,1H3. The fourth-order valence-electron chi connectivity index (χ4n) is 1.19. The van der Waals surface area contributed by atoms with E-state index in [1.165, 1.54) is 0 Å². The van der Waals surface area contributed by atoms with Crippen LogP contribution in [0.3, 0.4) is 0 Å². The van der Waals surface area contributed by atoms with Crippen LogP contribution in [-0.2, 0) is 6.61 Å². The van der Waals surface area contributed by atoms with Gasteiger partial charge in [-0.3, -0.25) is 4.98 Å². The van der Waals surface area contributed by atoms with E-state index in [1.54, 1.807) is 11.3 Å². The number of rotatable bonds is 3. The van der Waals surface area contributed by atoms with Gasteiger partial charge in [0.25, 0.3) is 0 Å². The van der Waals surface area contributed by atoms with E-state index in [9.17, 15) is 0 Å². The van der Waals surface area contributed by atoms with E-state index in [0.29, 0.717) is 6.61 Å². The number of hydrogen-bond acceptors (Lipinski definition) is 3. The second-order valence-electron chi connectivity index (χ2n) is 3.17. The smallest absolute Gasteiger partial charge is 0.124 e. The van der Waals surface area contributed by atoms with Gasteiger partial charge in [-0.15, -0.1) is 11.3 Å². The summed E-state index contributed by atoms with van der Waals surface area (Å²) in [5, 5.41) is 0. The lowest BCUT2D eigenvalue weighted by Crippen LogP contribution is -1.94. The minimum Gasteiger partial charge on any atom is -0.488 e. The first kappa shape index (κ1) is 10.6. The van der Waals surface area contributed by atoms with E-state index in [-0.39, 0.29) is 0 Å². The molecule has 78 valence electrons. The molecule has 1 heterocycles. The van der Waals surface area contributed by atoms with Crippen molar-refractivity contribution in [1.29, 1.82) is 0 Å². The Labute approximate surface area is 101 Å². The molecule has 1 aromatic heterocycles. The zero-order chi connectivity index (χ0) is 10.7. The SMILES string of the molecule is Cc1ccc(Br)cc1OCc1cncs1. The van der Waals surface area contributed by atoms with Crippen LogP contribution in [0, 0.1) is 6.92 Å². The molecule has 2 aromatic rings. The maximum Gasteiger partial charge on any atom is 0.124 e. The minimum absolute atomic E-state index is 0.585. The third-order valence-corrected chi connectivity index (χ3v) is 3.25. The molecule has 0 bridgehead atoms. The van der Waals surface area contributed by atoms with Gasteiger partial charge in [0.15, 0.2) is 0 Å². The van der Waals surface area contributed by atoms with Gasteiger partial charge in [-0.2, -0.15) is 0 Å². The van der Waals surface area contributed by atoms with Crippen molar-refractivity contribution in [2.24, 2.45) is 0 Å². The lowest BCUT2D eigenvalue weighted by molar-refractivity contribution is 0.307. The predicted molar refractivity (Wildman–Crippen MR) is 65.3 cm³/mol. The Hall–Kier alpha value is -0.870. The molecular formula is C11H10BrNOS. The van der Waals surface area contributed by atoms with Gasteiger partial charge in [-0.1, -0.05) is 22.0 Å². The molecule has 0 aliphatic carbocycles. The molecule has 0 spiro atoms. The van der Waals surface area contributed by atoms with Crippen molar-refractivity contribution in [2.45, 2.75) is 13.5 Å². The van der Waals surface area contributed by atoms with Crippen LogP contribution in [0.5, 0.6) is 5.75 Å². The Morgan fingerprint density at radius 3 is 3.07 bits per heavy atom. The van der Waals surface area contributed by atoms with Crippen LogP contribution in [0.4, 0.5) is 0 Å². The van der Waals surface area contributed by atoms with Crippen LogP contribution < -0.4 is 4.74 Å². The van der Waals surface area contributed by atoms with E-state index in [1.807, 2.05) is 36.8 Å². The molecule has 0 saturated heterocycles. The Balaban J connectivity index is 2.07. The largest absolute Gasteiger partial charge is 0.488 e. The van der Waals surface area contributed by atoms with E-state index in [2.05, 4.69) is 20.9 Å². The minimum atomic E-state index is 0.585. The van der Waals surface area contributed by atoms with Crippen LogP contribution in [0.15, 0.2) is 34.4 Å². The summed E-state index contributed by atoms with van der Waals surface area (Å²) in [6.45, 7) is 2.62.